The van der Waals surface area contributed by atoms with Crippen LogP contribution in [0.15, 0.2) is 4.42 Å². The molecule has 106 valence electrons. The minimum Gasteiger partial charge on any atom is -0.444 e. The minimum atomic E-state index is -0.535. The van der Waals surface area contributed by atoms with E-state index < -0.39 is 5.54 Å². The lowest BCUT2D eigenvalue weighted by molar-refractivity contribution is 0.155. The highest BCUT2D eigenvalue weighted by Gasteiger charge is 2.42. The zero-order valence-corrected chi connectivity index (χ0v) is 11.6. The Morgan fingerprint density at radius 2 is 2.21 bits per heavy atom. The molecule has 2 rings (SSSR count). The quantitative estimate of drug-likeness (QED) is 0.749. The van der Waals surface area contributed by atoms with E-state index in [1.54, 1.807) is 0 Å². The Hall–Kier alpha value is -1.56. The molecule has 0 bridgehead atoms. The molecular weight excluding hydrogens is 246 g/mol. The summed E-state index contributed by atoms with van der Waals surface area (Å²) in [5.74, 6) is 1.62. The van der Waals surface area contributed by atoms with Gasteiger partial charge in [-0.2, -0.15) is 0 Å². The Morgan fingerprint density at radius 3 is 2.68 bits per heavy atom. The number of nitrogens with one attached hydrogen (secondary N) is 2. The molecule has 6 heteroatoms. The zero-order chi connectivity index (χ0) is 14.0. The van der Waals surface area contributed by atoms with Crippen molar-refractivity contribution < 1.29 is 14.3 Å². The monoisotopic (exact) mass is 267 g/mol. The number of urea groups is 1. The molecular formula is C13H21N3O3. The summed E-state index contributed by atoms with van der Waals surface area (Å²) >= 11 is 0. The second kappa shape index (κ2) is 5.21. The number of amides is 2. The first-order valence-corrected chi connectivity index (χ1v) is 6.54. The molecule has 1 unspecified atom stereocenters. The van der Waals surface area contributed by atoms with Crippen LogP contribution in [-0.2, 0) is 6.54 Å². The van der Waals surface area contributed by atoms with Crippen LogP contribution in [0.5, 0.6) is 0 Å². The van der Waals surface area contributed by atoms with Gasteiger partial charge in [-0.3, -0.25) is 0 Å². The number of oxazole rings is 1. The molecule has 0 radical (unpaired) electrons. The maximum absolute atomic E-state index is 11.8. The molecule has 1 heterocycles. The first-order chi connectivity index (χ1) is 8.94. The van der Waals surface area contributed by atoms with E-state index in [1.807, 2.05) is 20.8 Å². The number of aryl methyl sites for hydroxylation is 2. The molecule has 6 nitrogen and oxygen atoms in total. The van der Waals surface area contributed by atoms with Crippen molar-refractivity contribution in [3.63, 3.8) is 0 Å². The molecule has 0 aliphatic heterocycles. The van der Waals surface area contributed by atoms with E-state index in [0.717, 1.165) is 24.3 Å². The lowest BCUT2D eigenvalue weighted by Crippen LogP contribution is -2.53. The fraction of sp³-hybridized carbons (Fsp3) is 0.692. The van der Waals surface area contributed by atoms with Gasteiger partial charge in [0, 0.05) is 0 Å². The van der Waals surface area contributed by atoms with Gasteiger partial charge in [-0.1, -0.05) is 0 Å². The molecule has 1 aliphatic carbocycles. The lowest BCUT2D eigenvalue weighted by atomic mass is 9.97. The van der Waals surface area contributed by atoms with Crippen LogP contribution < -0.4 is 10.6 Å². The van der Waals surface area contributed by atoms with Gasteiger partial charge in [0.2, 0.25) is 5.89 Å². The Morgan fingerprint density at radius 1 is 1.53 bits per heavy atom. The summed E-state index contributed by atoms with van der Waals surface area (Å²) in [5.41, 5.74) is 0.294. The van der Waals surface area contributed by atoms with Crippen LogP contribution in [-0.4, -0.2) is 28.3 Å². The van der Waals surface area contributed by atoms with Crippen molar-refractivity contribution >= 4 is 6.03 Å². The number of rotatable bonds is 5. The number of aliphatic hydroxyl groups excluding tert-OH is 1. The summed E-state index contributed by atoms with van der Waals surface area (Å²) < 4.78 is 5.38. The van der Waals surface area contributed by atoms with Gasteiger partial charge in [0.25, 0.3) is 0 Å². The van der Waals surface area contributed by atoms with Crippen LogP contribution in [0.3, 0.4) is 0 Å². The predicted molar refractivity (Wildman–Crippen MR) is 69.6 cm³/mol. The van der Waals surface area contributed by atoms with E-state index in [2.05, 4.69) is 15.6 Å². The number of carbonyl (C=O) groups excluding carboxylic acids is 1. The molecule has 1 aromatic rings. The van der Waals surface area contributed by atoms with Crippen LogP contribution in [0, 0.1) is 19.8 Å². The van der Waals surface area contributed by atoms with Gasteiger partial charge >= 0.3 is 6.03 Å². The summed E-state index contributed by atoms with van der Waals surface area (Å²) in [4.78, 5) is 16.0. The fourth-order valence-corrected chi connectivity index (χ4v) is 2.07. The third-order valence-electron chi connectivity index (χ3n) is 3.68. The highest BCUT2D eigenvalue weighted by atomic mass is 16.4. The molecule has 0 spiro atoms. The number of aliphatic hydroxyl groups is 1. The van der Waals surface area contributed by atoms with Crippen LogP contribution in [0.4, 0.5) is 4.79 Å². The Kier molecular flexibility index (Phi) is 3.80. The molecule has 3 N–H and O–H groups in total. The average molecular weight is 267 g/mol. The largest absolute Gasteiger partial charge is 0.444 e. The van der Waals surface area contributed by atoms with Crippen molar-refractivity contribution in [2.45, 2.75) is 45.7 Å². The predicted octanol–water partition coefficient (Wildman–Crippen LogP) is 1.25. The molecule has 0 saturated heterocycles. The molecule has 1 saturated carbocycles. The summed E-state index contributed by atoms with van der Waals surface area (Å²) in [6.07, 6.45) is 2.10. The standard InChI is InChI=1S/C13H21N3O3/c1-8-9(2)19-11(15-8)6-14-12(18)16-13(3,7-17)10-4-5-10/h10,17H,4-7H2,1-3H3,(H2,14,16,18). The highest BCUT2D eigenvalue weighted by molar-refractivity contribution is 5.74. The van der Waals surface area contributed by atoms with Gasteiger partial charge in [-0.05, 0) is 39.5 Å². The lowest BCUT2D eigenvalue weighted by Gasteiger charge is -2.28. The van der Waals surface area contributed by atoms with Crippen molar-refractivity contribution in [3.05, 3.63) is 17.3 Å². The number of hydrogen-bond acceptors (Lipinski definition) is 4. The van der Waals surface area contributed by atoms with Crippen LogP contribution in [0.1, 0.15) is 37.1 Å². The molecule has 2 amide bonds. The van der Waals surface area contributed by atoms with Gasteiger partial charge < -0.3 is 20.2 Å². The van der Waals surface area contributed by atoms with Crippen LogP contribution >= 0.6 is 0 Å². The van der Waals surface area contributed by atoms with Crippen LogP contribution in [0.25, 0.3) is 0 Å². The van der Waals surface area contributed by atoms with E-state index in [9.17, 15) is 9.90 Å². The van der Waals surface area contributed by atoms with E-state index in [-0.39, 0.29) is 19.2 Å². The molecule has 1 fully saturated rings. The number of aromatic nitrogens is 1. The smallest absolute Gasteiger partial charge is 0.315 e. The van der Waals surface area contributed by atoms with E-state index in [0.29, 0.717) is 11.8 Å². The Balaban J connectivity index is 1.84. The van der Waals surface area contributed by atoms with E-state index in [1.165, 1.54) is 0 Å². The van der Waals surface area contributed by atoms with Gasteiger partial charge in [-0.15, -0.1) is 0 Å². The minimum absolute atomic E-state index is 0.0533. The molecule has 19 heavy (non-hydrogen) atoms. The summed E-state index contributed by atoms with van der Waals surface area (Å²) in [5, 5.41) is 14.9. The second-order valence-electron chi connectivity index (χ2n) is 5.41. The number of carbonyl (C=O) groups is 1. The zero-order valence-electron chi connectivity index (χ0n) is 11.6. The Bertz CT molecular complexity index is 448. The molecule has 1 aliphatic rings. The number of nitrogens with zero attached hydrogens (tertiary/aromatic N) is 1. The first kappa shape index (κ1) is 13.9. The third kappa shape index (κ3) is 3.26. The van der Waals surface area contributed by atoms with Crippen LogP contribution in [0.2, 0.25) is 0 Å². The first-order valence-electron chi connectivity index (χ1n) is 6.54. The van der Waals surface area contributed by atoms with E-state index in [4.69, 9.17) is 4.42 Å². The van der Waals surface area contributed by atoms with Crippen molar-refractivity contribution in [1.29, 1.82) is 0 Å². The van der Waals surface area contributed by atoms with Gasteiger partial charge in [0.05, 0.1) is 24.4 Å². The van der Waals surface area contributed by atoms with E-state index >= 15 is 0 Å². The van der Waals surface area contributed by atoms with Gasteiger partial charge in [0.1, 0.15) is 5.76 Å². The fourth-order valence-electron chi connectivity index (χ4n) is 2.07. The Labute approximate surface area is 112 Å². The molecule has 0 aromatic carbocycles. The maximum Gasteiger partial charge on any atom is 0.315 e. The SMILES string of the molecule is Cc1nc(CNC(=O)NC(C)(CO)C2CC2)oc1C. The second-order valence-corrected chi connectivity index (χ2v) is 5.41. The number of hydrogen-bond donors (Lipinski definition) is 3. The topological polar surface area (TPSA) is 87.4 Å². The summed E-state index contributed by atoms with van der Waals surface area (Å²) in [6.45, 7) is 5.75. The summed E-state index contributed by atoms with van der Waals surface area (Å²) in [7, 11) is 0. The van der Waals surface area contributed by atoms with Crippen molar-refractivity contribution in [2.75, 3.05) is 6.61 Å². The molecule has 1 aromatic heterocycles. The van der Waals surface area contributed by atoms with Crippen molar-refractivity contribution in [2.24, 2.45) is 5.92 Å². The highest BCUT2D eigenvalue weighted by Crippen LogP contribution is 2.39. The van der Waals surface area contributed by atoms with Gasteiger partial charge in [-0.25, -0.2) is 9.78 Å². The van der Waals surface area contributed by atoms with Crippen molar-refractivity contribution in [1.82, 2.24) is 15.6 Å². The van der Waals surface area contributed by atoms with Crippen molar-refractivity contribution in [3.8, 4) is 0 Å². The molecule has 1 atom stereocenters. The third-order valence-corrected chi connectivity index (χ3v) is 3.68. The average Bonchev–Trinajstić information content (AvgIpc) is 3.16. The summed E-state index contributed by atoms with van der Waals surface area (Å²) in [6, 6.07) is -0.308. The maximum atomic E-state index is 11.8. The normalized spacial score (nSPS) is 17.9. The van der Waals surface area contributed by atoms with Gasteiger partial charge in [0.15, 0.2) is 0 Å².